The summed E-state index contributed by atoms with van der Waals surface area (Å²) in [6.45, 7) is 2.02. The minimum atomic E-state index is -0.755. The van der Waals surface area contributed by atoms with E-state index in [4.69, 9.17) is 0 Å². The molecule has 2 aromatic rings. The maximum absolute atomic E-state index is 13.5. The first kappa shape index (κ1) is 13.0. The summed E-state index contributed by atoms with van der Waals surface area (Å²) >= 11 is 0. The van der Waals surface area contributed by atoms with E-state index in [9.17, 15) is 14.3 Å². The Labute approximate surface area is 109 Å². The molecular formula is C14H13FN2O2. The number of hydrogen-bond acceptors (Lipinski definition) is 3. The molecule has 0 radical (unpaired) electrons. The first-order valence-corrected chi connectivity index (χ1v) is 5.76. The summed E-state index contributed by atoms with van der Waals surface area (Å²) in [6, 6.07) is 9.15. The van der Waals surface area contributed by atoms with Crippen molar-refractivity contribution in [2.45, 2.75) is 13.5 Å². The molecule has 0 spiro atoms. The average Bonchev–Trinajstić information content (AvgIpc) is 2.36. The topological polar surface area (TPSA) is 62.2 Å². The summed E-state index contributed by atoms with van der Waals surface area (Å²) < 4.78 is 13.5. The predicted molar refractivity (Wildman–Crippen MR) is 68.2 cm³/mol. The molecule has 0 aliphatic carbocycles. The van der Waals surface area contributed by atoms with Crippen LogP contribution in [0.25, 0.3) is 0 Å². The molecule has 1 heterocycles. The van der Waals surface area contributed by atoms with E-state index in [0.29, 0.717) is 5.69 Å². The van der Waals surface area contributed by atoms with Crippen LogP contribution >= 0.6 is 0 Å². The zero-order chi connectivity index (χ0) is 13.8. The van der Waals surface area contributed by atoms with Gasteiger partial charge in [-0.3, -0.25) is 9.78 Å². The van der Waals surface area contributed by atoms with Gasteiger partial charge in [0.2, 0.25) is 0 Å². The van der Waals surface area contributed by atoms with Crippen LogP contribution in [0.2, 0.25) is 0 Å². The van der Waals surface area contributed by atoms with Crippen LogP contribution in [0, 0.1) is 12.7 Å². The van der Waals surface area contributed by atoms with Gasteiger partial charge in [0.25, 0.3) is 5.91 Å². The first-order valence-electron chi connectivity index (χ1n) is 5.76. The lowest BCUT2D eigenvalue weighted by Crippen LogP contribution is -2.24. The lowest BCUT2D eigenvalue weighted by atomic mass is 10.1. The van der Waals surface area contributed by atoms with Gasteiger partial charge >= 0.3 is 0 Å². The number of pyridine rings is 1. The average molecular weight is 260 g/mol. The molecule has 2 rings (SSSR count). The fourth-order valence-electron chi connectivity index (χ4n) is 1.69. The standard InChI is InChI=1S/C14H13FN2O2/c1-9-4-2-5-10(17-9)8-16-14(19)13-11(15)6-3-7-12(13)18/h2-7,18H,8H2,1H3,(H,16,19). The molecule has 4 nitrogen and oxygen atoms in total. The third kappa shape index (κ3) is 3.07. The Morgan fingerprint density at radius 2 is 2.05 bits per heavy atom. The fraction of sp³-hybridized carbons (Fsp3) is 0.143. The maximum Gasteiger partial charge on any atom is 0.258 e. The number of benzene rings is 1. The number of nitrogens with one attached hydrogen (secondary N) is 1. The molecule has 0 saturated heterocycles. The quantitative estimate of drug-likeness (QED) is 0.889. The molecule has 2 N–H and O–H groups in total. The number of carbonyl (C=O) groups excluding carboxylic acids is 1. The van der Waals surface area contributed by atoms with Crippen molar-refractivity contribution in [3.05, 3.63) is 59.2 Å². The van der Waals surface area contributed by atoms with Gasteiger partial charge in [-0.25, -0.2) is 4.39 Å². The highest BCUT2D eigenvalue weighted by molar-refractivity contribution is 5.96. The third-order valence-electron chi connectivity index (χ3n) is 2.59. The number of halogens is 1. The summed E-state index contributed by atoms with van der Waals surface area (Å²) in [4.78, 5) is 16.0. The molecule has 1 amide bonds. The van der Waals surface area contributed by atoms with Crippen LogP contribution in [0.15, 0.2) is 36.4 Å². The molecular weight excluding hydrogens is 247 g/mol. The number of nitrogens with zero attached hydrogens (tertiary/aromatic N) is 1. The van der Waals surface area contributed by atoms with E-state index in [0.717, 1.165) is 11.8 Å². The van der Waals surface area contributed by atoms with Crippen molar-refractivity contribution in [3.8, 4) is 5.75 Å². The molecule has 0 aliphatic rings. The largest absolute Gasteiger partial charge is 0.507 e. The Morgan fingerprint density at radius 3 is 2.74 bits per heavy atom. The third-order valence-corrected chi connectivity index (χ3v) is 2.59. The van der Waals surface area contributed by atoms with Crippen molar-refractivity contribution >= 4 is 5.91 Å². The zero-order valence-corrected chi connectivity index (χ0v) is 10.4. The van der Waals surface area contributed by atoms with Crippen molar-refractivity contribution in [3.63, 3.8) is 0 Å². The van der Waals surface area contributed by atoms with Crippen LogP contribution in [-0.4, -0.2) is 16.0 Å². The van der Waals surface area contributed by atoms with E-state index in [-0.39, 0.29) is 17.9 Å². The molecule has 98 valence electrons. The number of aromatic hydroxyl groups is 1. The van der Waals surface area contributed by atoms with Crippen LogP contribution in [0.4, 0.5) is 4.39 Å². The van der Waals surface area contributed by atoms with Gasteiger partial charge in [-0.1, -0.05) is 12.1 Å². The van der Waals surface area contributed by atoms with Gasteiger partial charge in [-0.15, -0.1) is 0 Å². The number of amides is 1. The number of hydrogen-bond donors (Lipinski definition) is 2. The Morgan fingerprint density at radius 1 is 1.32 bits per heavy atom. The van der Waals surface area contributed by atoms with Crippen molar-refractivity contribution in [1.82, 2.24) is 10.3 Å². The summed E-state index contributed by atoms with van der Waals surface area (Å²) in [5, 5.41) is 12.0. The lowest BCUT2D eigenvalue weighted by Gasteiger charge is -2.07. The molecule has 0 saturated carbocycles. The SMILES string of the molecule is Cc1cccc(CNC(=O)c2c(O)cccc2F)n1. The number of rotatable bonds is 3. The number of aromatic nitrogens is 1. The molecule has 1 aromatic carbocycles. The zero-order valence-electron chi connectivity index (χ0n) is 10.4. The van der Waals surface area contributed by atoms with Crippen molar-refractivity contribution in [1.29, 1.82) is 0 Å². The fourth-order valence-corrected chi connectivity index (χ4v) is 1.69. The molecule has 19 heavy (non-hydrogen) atoms. The Kier molecular flexibility index (Phi) is 3.75. The number of phenolic OH excluding ortho intramolecular Hbond substituents is 1. The van der Waals surface area contributed by atoms with Crippen LogP contribution < -0.4 is 5.32 Å². The number of phenols is 1. The second kappa shape index (κ2) is 5.48. The molecule has 0 atom stereocenters. The van der Waals surface area contributed by atoms with Crippen LogP contribution in [0.1, 0.15) is 21.7 Å². The van der Waals surface area contributed by atoms with E-state index in [2.05, 4.69) is 10.3 Å². The van der Waals surface area contributed by atoms with Gasteiger partial charge in [0.15, 0.2) is 0 Å². The van der Waals surface area contributed by atoms with Gasteiger partial charge in [0.05, 0.1) is 12.2 Å². The second-order valence-electron chi connectivity index (χ2n) is 4.09. The predicted octanol–water partition coefficient (Wildman–Crippen LogP) is 2.16. The van der Waals surface area contributed by atoms with Gasteiger partial charge in [-0.05, 0) is 31.2 Å². The van der Waals surface area contributed by atoms with E-state index in [1.165, 1.54) is 12.1 Å². The summed E-state index contributed by atoms with van der Waals surface area (Å²) in [5.74, 6) is -1.80. The van der Waals surface area contributed by atoms with Crippen molar-refractivity contribution < 1.29 is 14.3 Å². The van der Waals surface area contributed by atoms with Gasteiger partial charge in [-0.2, -0.15) is 0 Å². The van der Waals surface area contributed by atoms with Gasteiger partial charge in [0.1, 0.15) is 17.1 Å². The smallest absolute Gasteiger partial charge is 0.258 e. The van der Waals surface area contributed by atoms with E-state index < -0.39 is 11.7 Å². The molecule has 0 fully saturated rings. The van der Waals surface area contributed by atoms with Gasteiger partial charge in [0, 0.05) is 5.69 Å². The van der Waals surface area contributed by atoms with Gasteiger partial charge < -0.3 is 10.4 Å². The Bertz CT molecular complexity index is 594. The maximum atomic E-state index is 13.5. The Hall–Kier alpha value is -2.43. The molecule has 5 heteroatoms. The van der Waals surface area contributed by atoms with Crippen molar-refractivity contribution in [2.75, 3.05) is 0 Å². The summed E-state index contributed by atoms with van der Waals surface area (Å²) in [6.07, 6.45) is 0. The summed E-state index contributed by atoms with van der Waals surface area (Å²) in [7, 11) is 0. The molecule has 0 bridgehead atoms. The Balaban J connectivity index is 2.10. The number of aryl methyl sites for hydroxylation is 1. The highest BCUT2D eigenvalue weighted by atomic mass is 19.1. The highest BCUT2D eigenvalue weighted by Gasteiger charge is 2.16. The van der Waals surface area contributed by atoms with Crippen LogP contribution in [0.3, 0.4) is 0 Å². The monoisotopic (exact) mass is 260 g/mol. The molecule has 0 unspecified atom stereocenters. The van der Waals surface area contributed by atoms with Crippen LogP contribution in [0.5, 0.6) is 5.75 Å². The van der Waals surface area contributed by atoms with E-state index in [1.807, 2.05) is 19.1 Å². The minimum Gasteiger partial charge on any atom is -0.507 e. The summed E-state index contributed by atoms with van der Waals surface area (Å²) in [5.41, 5.74) is 1.15. The van der Waals surface area contributed by atoms with E-state index >= 15 is 0 Å². The number of carbonyl (C=O) groups is 1. The molecule has 1 aromatic heterocycles. The first-order chi connectivity index (χ1) is 9.08. The highest BCUT2D eigenvalue weighted by Crippen LogP contribution is 2.19. The van der Waals surface area contributed by atoms with Crippen molar-refractivity contribution in [2.24, 2.45) is 0 Å². The lowest BCUT2D eigenvalue weighted by molar-refractivity contribution is 0.0943. The van der Waals surface area contributed by atoms with E-state index in [1.54, 1.807) is 6.07 Å². The minimum absolute atomic E-state index is 0.175. The van der Waals surface area contributed by atoms with Crippen LogP contribution in [-0.2, 0) is 6.54 Å². The second-order valence-corrected chi connectivity index (χ2v) is 4.09. The normalized spacial score (nSPS) is 10.2. The molecule has 0 aliphatic heterocycles.